The van der Waals surface area contributed by atoms with Gasteiger partial charge in [0.2, 0.25) is 5.91 Å². The molecule has 0 bridgehead atoms. The fourth-order valence-corrected chi connectivity index (χ4v) is 4.94. The van der Waals surface area contributed by atoms with Crippen molar-refractivity contribution in [3.05, 3.63) is 65.4 Å². The number of benzene rings is 2. The zero-order valence-electron chi connectivity index (χ0n) is 20.1. The lowest BCUT2D eigenvalue weighted by Gasteiger charge is -2.36. The molecule has 2 aromatic rings. The molecular formula is C28H34N2O3. The first kappa shape index (κ1) is 23.1. The summed E-state index contributed by atoms with van der Waals surface area (Å²) in [5.41, 5.74) is 4.02. The maximum atomic E-state index is 13.5. The Kier molecular flexibility index (Phi) is 6.59. The molecule has 1 aliphatic heterocycles. The lowest BCUT2D eigenvalue weighted by molar-refractivity contribution is -0.118. The Morgan fingerprint density at radius 3 is 2.52 bits per heavy atom. The first-order chi connectivity index (χ1) is 15.8. The van der Waals surface area contributed by atoms with E-state index < -0.39 is 6.04 Å². The van der Waals surface area contributed by atoms with Gasteiger partial charge in [-0.3, -0.25) is 14.5 Å². The number of hydrogen-bond donors (Lipinski definition) is 1. The van der Waals surface area contributed by atoms with Crippen LogP contribution in [-0.4, -0.2) is 18.3 Å². The summed E-state index contributed by atoms with van der Waals surface area (Å²) in [5.74, 6) is 0.805. The standard InChI is InChI=1S/C28H34N2O3/c1-5-6-9-16-33-21-14-12-20(13-15-21)27-26-23(17-28(3,4)18-25(26)32)29-22-10-7-8-11-24(22)30(27)19(2)31/h7-8,10-15,27,29H,5-6,9,16-18H2,1-4H3. The lowest BCUT2D eigenvalue weighted by Crippen LogP contribution is -2.38. The number of para-hydroxylation sites is 2. The summed E-state index contributed by atoms with van der Waals surface area (Å²) >= 11 is 0. The normalized spacial score (nSPS) is 19.3. The third-order valence-electron chi connectivity index (χ3n) is 6.45. The maximum Gasteiger partial charge on any atom is 0.224 e. The van der Waals surface area contributed by atoms with Gasteiger partial charge in [0.25, 0.3) is 0 Å². The molecule has 33 heavy (non-hydrogen) atoms. The van der Waals surface area contributed by atoms with E-state index in [1.54, 1.807) is 11.8 Å². The number of ether oxygens (including phenoxy) is 1. The van der Waals surface area contributed by atoms with E-state index in [0.29, 0.717) is 18.6 Å². The fraction of sp³-hybridized carbons (Fsp3) is 0.429. The third kappa shape index (κ3) is 4.82. The van der Waals surface area contributed by atoms with Gasteiger partial charge in [-0.1, -0.05) is 57.9 Å². The number of allylic oxidation sites excluding steroid dienone is 1. The van der Waals surface area contributed by atoms with Crippen LogP contribution in [0.15, 0.2) is 59.8 Å². The average Bonchev–Trinajstić information content (AvgIpc) is 2.90. The molecule has 1 heterocycles. The van der Waals surface area contributed by atoms with Crippen LogP contribution < -0.4 is 15.0 Å². The van der Waals surface area contributed by atoms with Gasteiger partial charge in [-0.25, -0.2) is 0 Å². The van der Waals surface area contributed by atoms with Gasteiger partial charge in [0.1, 0.15) is 5.75 Å². The number of hydrogen-bond acceptors (Lipinski definition) is 4. The molecule has 2 aliphatic rings. The van der Waals surface area contributed by atoms with Crippen molar-refractivity contribution in [1.29, 1.82) is 0 Å². The van der Waals surface area contributed by atoms with E-state index in [1.807, 2.05) is 48.5 Å². The van der Waals surface area contributed by atoms with Gasteiger partial charge in [0.05, 0.1) is 24.0 Å². The minimum atomic E-state index is -0.480. The van der Waals surface area contributed by atoms with E-state index in [-0.39, 0.29) is 17.1 Å². The highest BCUT2D eigenvalue weighted by Crippen LogP contribution is 2.48. The number of unbranched alkanes of at least 4 members (excludes halogenated alkanes) is 2. The molecule has 0 aromatic heterocycles. The molecule has 5 nitrogen and oxygen atoms in total. The van der Waals surface area contributed by atoms with Crippen molar-refractivity contribution in [2.45, 2.75) is 65.8 Å². The number of Topliss-reactive ketones (excluding diaryl/α,β-unsaturated/α-hetero) is 1. The number of anilines is 2. The van der Waals surface area contributed by atoms with Crippen molar-refractivity contribution in [2.24, 2.45) is 5.41 Å². The summed E-state index contributed by atoms with van der Waals surface area (Å²) in [4.78, 5) is 28.3. The molecule has 0 fully saturated rings. The monoisotopic (exact) mass is 446 g/mol. The second kappa shape index (κ2) is 9.42. The van der Waals surface area contributed by atoms with E-state index in [2.05, 4.69) is 26.1 Å². The highest BCUT2D eigenvalue weighted by molar-refractivity contribution is 6.05. The topological polar surface area (TPSA) is 58.6 Å². The number of nitrogens with one attached hydrogen (secondary N) is 1. The summed E-state index contributed by atoms with van der Waals surface area (Å²) in [6, 6.07) is 15.2. The number of carbonyl (C=O) groups is 2. The summed E-state index contributed by atoms with van der Waals surface area (Å²) in [7, 11) is 0. The molecule has 0 saturated carbocycles. The Balaban J connectivity index is 1.79. The quantitative estimate of drug-likeness (QED) is 0.520. The van der Waals surface area contributed by atoms with Gasteiger partial charge >= 0.3 is 0 Å². The van der Waals surface area contributed by atoms with Crippen LogP contribution in [-0.2, 0) is 9.59 Å². The van der Waals surface area contributed by atoms with E-state index in [4.69, 9.17) is 4.74 Å². The van der Waals surface area contributed by atoms with Crippen molar-refractivity contribution in [3.8, 4) is 5.75 Å². The number of fused-ring (bicyclic) bond motifs is 1. The lowest BCUT2D eigenvalue weighted by atomic mass is 9.73. The molecule has 1 N–H and O–H groups in total. The predicted molar refractivity (Wildman–Crippen MR) is 132 cm³/mol. The van der Waals surface area contributed by atoms with Crippen LogP contribution in [0.25, 0.3) is 0 Å². The zero-order valence-corrected chi connectivity index (χ0v) is 20.1. The number of amides is 1. The van der Waals surface area contributed by atoms with Gasteiger partial charge in [0.15, 0.2) is 5.78 Å². The Hall–Kier alpha value is -3.08. The van der Waals surface area contributed by atoms with Crippen LogP contribution in [0.2, 0.25) is 0 Å². The molecule has 174 valence electrons. The second-order valence-corrected chi connectivity index (χ2v) is 9.89. The van der Waals surface area contributed by atoms with Crippen LogP contribution in [0.5, 0.6) is 5.75 Å². The first-order valence-electron chi connectivity index (χ1n) is 12.0. The highest BCUT2D eigenvalue weighted by atomic mass is 16.5. The van der Waals surface area contributed by atoms with Crippen LogP contribution in [0.3, 0.4) is 0 Å². The second-order valence-electron chi connectivity index (χ2n) is 9.89. The van der Waals surface area contributed by atoms with Crippen LogP contribution in [0.1, 0.15) is 71.4 Å². The number of nitrogens with zero attached hydrogens (tertiary/aromatic N) is 1. The van der Waals surface area contributed by atoms with E-state index in [1.165, 1.54) is 0 Å². The fourth-order valence-electron chi connectivity index (χ4n) is 4.94. The SMILES string of the molecule is CCCCCOc1ccc(C2C3=C(CC(C)(C)CC3=O)Nc3ccccc3N2C(C)=O)cc1. The minimum Gasteiger partial charge on any atom is -0.494 e. The Morgan fingerprint density at radius 2 is 1.82 bits per heavy atom. The molecule has 2 aromatic carbocycles. The number of carbonyl (C=O) groups excluding carboxylic acids is 2. The van der Waals surface area contributed by atoms with Crippen LogP contribution >= 0.6 is 0 Å². The molecule has 1 unspecified atom stereocenters. The van der Waals surface area contributed by atoms with Crippen molar-refractivity contribution < 1.29 is 14.3 Å². The Labute approximate surface area is 196 Å². The molecule has 0 spiro atoms. The predicted octanol–water partition coefficient (Wildman–Crippen LogP) is 6.42. The molecule has 5 heteroatoms. The molecule has 4 rings (SSSR count). The van der Waals surface area contributed by atoms with Crippen molar-refractivity contribution in [3.63, 3.8) is 0 Å². The van der Waals surface area contributed by atoms with Gasteiger partial charge in [0, 0.05) is 24.6 Å². The molecule has 0 radical (unpaired) electrons. The maximum absolute atomic E-state index is 13.5. The Bertz CT molecular complexity index is 1070. The summed E-state index contributed by atoms with van der Waals surface area (Å²) in [6.07, 6.45) is 4.55. The average molecular weight is 447 g/mol. The van der Waals surface area contributed by atoms with Crippen molar-refractivity contribution in [1.82, 2.24) is 0 Å². The Morgan fingerprint density at radius 1 is 1.09 bits per heavy atom. The van der Waals surface area contributed by atoms with Crippen molar-refractivity contribution >= 4 is 23.1 Å². The van der Waals surface area contributed by atoms with Crippen molar-refractivity contribution in [2.75, 3.05) is 16.8 Å². The van der Waals surface area contributed by atoms with Crippen LogP contribution in [0.4, 0.5) is 11.4 Å². The highest BCUT2D eigenvalue weighted by Gasteiger charge is 2.42. The molecule has 1 amide bonds. The van der Waals surface area contributed by atoms with E-state index in [9.17, 15) is 9.59 Å². The van der Waals surface area contributed by atoms with Gasteiger partial charge < -0.3 is 10.1 Å². The molecule has 1 atom stereocenters. The molecule has 0 saturated heterocycles. The smallest absolute Gasteiger partial charge is 0.224 e. The summed E-state index contributed by atoms with van der Waals surface area (Å²) in [6.45, 7) is 8.67. The van der Waals surface area contributed by atoms with Gasteiger partial charge in [-0.2, -0.15) is 0 Å². The third-order valence-corrected chi connectivity index (χ3v) is 6.45. The molecular weight excluding hydrogens is 412 g/mol. The minimum absolute atomic E-state index is 0.0951. The van der Waals surface area contributed by atoms with E-state index in [0.717, 1.165) is 54.1 Å². The van der Waals surface area contributed by atoms with Gasteiger partial charge in [-0.15, -0.1) is 0 Å². The largest absolute Gasteiger partial charge is 0.494 e. The number of rotatable bonds is 6. The van der Waals surface area contributed by atoms with Gasteiger partial charge in [-0.05, 0) is 48.1 Å². The number of ketones is 1. The molecule has 1 aliphatic carbocycles. The van der Waals surface area contributed by atoms with Crippen LogP contribution in [0, 0.1) is 5.41 Å². The zero-order chi connectivity index (χ0) is 23.6. The summed E-state index contributed by atoms with van der Waals surface area (Å²) < 4.78 is 5.89. The van der Waals surface area contributed by atoms with E-state index >= 15 is 0 Å². The summed E-state index contributed by atoms with van der Waals surface area (Å²) in [5, 5.41) is 3.52. The first-order valence-corrected chi connectivity index (χ1v) is 12.0.